The summed E-state index contributed by atoms with van der Waals surface area (Å²) >= 11 is 1.31. The van der Waals surface area contributed by atoms with Crippen molar-refractivity contribution in [2.45, 2.75) is 49.3 Å². The van der Waals surface area contributed by atoms with Gasteiger partial charge in [0.05, 0.1) is 17.3 Å². The Morgan fingerprint density at radius 1 is 1.17 bits per heavy atom. The molecule has 0 spiro atoms. The molecule has 1 aromatic heterocycles. The third kappa shape index (κ3) is 4.23. The van der Waals surface area contributed by atoms with E-state index in [1.54, 1.807) is 18.5 Å². The Balaban J connectivity index is 1.68. The van der Waals surface area contributed by atoms with Crippen molar-refractivity contribution < 1.29 is 13.2 Å². The summed E-state index contributed by atoms with van der Waals surface area (Å²) in [7, 11) is -3.00. The molecule has 3 rings (SSSR count). The molecule has 1 aromatic rings. The van der Waals surface area contributed by atoms with Crippen LogP contribution in [-0.2, 0) is 14.6 Å². The molecule has 126 valence electrons. The monoisotopic (exact) mass is 355 g/mol. The first-order valence-electron chi connectivity index (χ1n) is 7.96. The molecular formula is C15H21N3O3S2. The highest BCUT2D eigenvalue weighted by atomic mass is 32.2. The van der Waals surface area contributed by atoms with Crippen LogP contribution in [0.15, 0.2) is 23.6 Å². The molecule has 1 saturated heterocycles. The zero-order valence-corrected chi connectivity index (χ0v) is 14.6. The lowest BCUT2D eigenvalue weighted by Crippen LogP contribution is -2.47. The summed E-state index contributed by atoms with van der Waals surface area (Å²) in [6, 6.07) is 1.77. The van der Waals surface area contributed by atoms with Gasteiger partial charge in [0.15, 0.2) is 15.0 Å². The van der Waals surface area contributed by atoms with E-state index in [4.69, 9.17) is 0 Å². The first-order chi connectivity index (χ1) is 11.1. The summed E-state index contributed by atoms with van der Waals surface area (Å²) in [4.78, 5) is 22.9. The van der Waals surface area contributed by atoms with Crippen molar-refractivity contribution in [1.29, 1.82) is 0 Å². The van der Waals surface area contributed by atoms with Gasteiger partial charge in [-0.05, 0) is 25.3 Å². The molecule has 6 nitrogen and oxygen atoms in total. The Morgan fingerprint density at radius 3 is 2.48 bits per heavy atom. The van der Waals surface area contributed by atoms with Crippen LogP contribution >= 0.6 is 11.8 Å². The van der Waals surface area contributed by atoms with Gasteiger partial charge in [0.1, 0.15) is 0 Å². The SMILES string of the molecule is O=C(CSc1ncccn1)N(C1CCCC1)[C@@H]1CCS(=O)(=O)C1. The predicted molar refractivity (Wildman–Crippen MR) is 88.9 cm³/mol. The highest BCUT2D eigenvalue weighted by molar-refractivity contribution is 7.99. The fourth-order valence-electron chi connectivity index (χ4n) is 3.44. The lowest BCUT2D eigenvalue weighted by molar-refractivity contribution is -0.132. The maximum Gasteiger partial charge on any atom is 0.233 e. The van der Waals surface area contributed by atoms with Crippen molar-refractivity contribution in [3.8, 4) is 0 Å². The van der Waals surface area contributed by atoms with Gasteiger partial charge >= 0.3 is 0 Å². The molecule has 0 aromatic carbocycles. The summed E-state index contributed by atoms with van der Waals surface area (Å²) in [6.07, 6.45) is 8.06. The Morgan fingerprint density at radius 2 is 1.87 bits per heavy atom. The number of nitrogens with zero attached hydrogens (tertiary/aromatic N) is 3. The van der Waals surface area contributed by atoms with Crippen molar-refractivity contribution in [3.63, 3.8) is 0 Å². The van der Waals surface area contributed by atoms with E-state index in [1.165, 1.54) is 11.8 Å². The highest BCUT2D eigenvalue weighted by Crippen LogP contribution is 2.30. The number of thioether (sulfide) groups is 1. The average Bonchev–Trinajstić information content (AvgIpc) is 3.17. The number of sulfone groups is 1. The van der Waals surface area contributed by atoms with Crippen LogP contribution in [0.5, 0.6) is 0 Å². The molecule has 8 heteroatoms. The molecule has 1 atom stereocenters. The number of aromatic nitrogens is 2. The van der Waals surface area contributed by atoms with Gasteiger partial charge in [0.2, 0.25) is 5.91 Å². The van der Waals surface area contributed by atoms with E-state index in [-0.39, 0.29) is 35.2 Å². The first kappa shape index (κ1) is 16.7. The first-order valence-corrected chi connectivity index (χ1v) is 10.8. The van der Waals surface area contributed by atoms with Gasteiger partial charge in [-0.25, -0.2) is 18.4 Å². The van der Waals surface area contributed by atoms with Crippen LogP contribution in [0.4, 0.5) is 0 Å². The van der Waals surface area contributed by atoms with E-state index in [9.17, 15) is 13.2 Å². The third-order valence-corrected chi connectivity index (χ3v) is 7.09. The second-order valence-electron chi connectivity index (χ2n) is 6.12. The lowest BCUT2D eigenvalue weighted by Gasteiger charge is -2.34. The Labute approximate surface area is 141 Å². The number of hydrogen-bond donors (Lipinski definition) is 0. The molecule has 2 fully saturated rings. The van der Waals surface area contributed by atoms with Crippen molar-refractivity contribution in [2.24, 2.45) is 0 Å². The summed E-state index contributed by atoms with van der Waals surface area (Å²) in [5, 5.41) is 0.575. The average molecular weight is 355 g/mol. The smallest absolute Gasteiger partial charge is 0.233 e. The number of hydrogen-bond acceptors (Lipinski definition) is 6. The van der Waals surface area contributed by atoms with Crippen LogP contribution in [0, 0.1) is 0 Å². The second-order valence-corrected chi connectivity index (χ2v) is 9.29. The zero-order valence-electron chi connectivity index (χ0n) is 12.9. The van der Waals surface area contributed by atoms with Crippen molar-refractivity contribution in [1.82, 2.24) is 14.9 Å². The van der Waals surface area contributed by atoms with Crippen LogP contribution in [0.25, 0.3) is 0 Å². The molecule has 1 aliphatic carbocycles. The van der Waals surface area contributed by atoms with Gasteiger partial charge in [-0.2, -0.15) is 0 Å². The van der Waals surface area contributed by atoms with Gasteiger partial charge in [-0.3, -0.25) is 4.79 Å². The highest BCUT2D eigenvalue weighted by Gasteiger charge is 2.38. The minimum absolute atomic E-state index is 0.0106. The molecule has 2 aliphatic rings. The predicted octanol–water partition coefficient (Wildman–Crippen LogP) is 1.53. The Hall–Kier alpha value is -1.15. The number of carbonyl (C=O) groups excluding carboxylic acids is 1. The Kier molecular flexibility index (Phi) is 5.21. The fraction of sp³-hybridized carbons (Fsp3) is 0.667. The molecular weight excluding hydrogens is 334 g/mol. The molecule has 0 radical (unpaired) electrons. The summed E-state index contributed by atoms with van der Waals surface area (Å²) in [5.74, 6) is 0.582. The van der Waals surface area contributed by atoms with Gasteiger partial charge in [-0.15, -0.1) is 0 Å². The summed E-state index contributed by atoms with van der Waals surface area (Å²) in [5.41, 5.74) is 0. The zero-order chi connectivity index (χ0) is 16.3. The minimum atomic E-state index is -3.00. The molecule has 1 aliphatic heterocycles. The molecule has 23 heavy (non-hydrogen) atoms. The van der Waals surface area contributed by atoms with Crippen molar-refractivity contribution >= 4 is 27.5 Å². The largest absolute Gasteiger partial charge is 0.335 e. The normalized spacial score (nSPS) is 23.9. The van der Waals surface area contributed by atoms with Gasteiger partial charge in [0.25, 0.3) is 0 Å². The molecule has 1 amide bonds. The number of rotatable bonds is 5. The van der Waals surface area contributed by atoms with E-state index in [0.717, 1.165) is 25.7 Å². The molecule has 1 saturated carbocycles. The topological polar surface area (TPSA) is 80.2 Å². The van der Waals surface area contributed by atoms with Crippen LogP contribution in [-0.4, -0.2) is 58.5 Å². The van der Waals surface area contributed by atoms with Crippen molar-refractivity contribution in [2.75, 3.05) is 17.3 Å². The molecule has 0 bridgehead atoms. The van der Waals surface area contributed by atoms with E-state index in [1.807, 2.05) is 4.90 Å². The molecule has 0 N–H and O–H groups in total. The summed E-state index contributed by atoms with van der Waals surface area (Å²) in [6.45, 7) is 0. The number of carbonyl (C=O) groups is 1. The molecule has 0 unspecified atom stereocenters. The van der Waals surface area contributed by atoms with Gasteiger partial charge < -0.3 is 4.90 Å². The number of amides is 1. The van der Waals surface area contributed by atoms with E-state index < -0.39 is 9.84 Å². The fourth-order valence-corrected chi connectivity index (χ4v) is 5.83. The van der Waals surface area contributed by atoms with E-state index in [0.29, 0.717) is 11.6 Å². The van der Waals surface area contributed by atoms with Crippen LogP contribution in [0.3, 0.4) is 0 Å². The van der Waals surface area contributed by atoms with Gasteiger partial charge in [-0.1, -0.05) is 24.6 Å². The van der Waals surface area contributed by atoms with Gasteiger partial charge in [0, 0.05) is 24.5 Å². The Bertz CT molecular complexity index is 645. The van der Waals surface area contributed by atoms with E-state index in [2.05, 4.69) is 9.97 Å². The maximum atomic E-state index is 12.8. The van der Waals surface area contributed by atoms with E-state index >= 15 is 0 Å². The van der Waals surface area contributed by atoms with Crippen LogP contribution in [0.2, 0.25) is 0 Å². The molecule has 2 heterocycles. The quantitative estimate of drug-likeness (QED) is 0.589. The minimum Gasteiger partial charge on any atom is -0.335 e. The van der Waals surface area contributed by atoms with Crippen molar-refractivity contribution in [3.05, 3.63) is 18.5 Å². The van der Waals surface area contributed by atoms with Crippen LogP contribution in [0.1, 0.15) is 32.1 Å². The maximum absolute atomic E-state index is 12.8. The van der Waals surface area contributed by atoms with Crippen LogP contribution < -0.4 is 0 Å². The summed E-state index contributed by atoms with van der Waals surface area (Å²) < 4.78 is 23.6. The standard InChI is InChI=1S/C15H21N3O3S2/c19-14(10-22-15-16-7-3-8-17-15)18(12-4-1-2-5-12)13-6-9-23(20,21)11-13/h3,7-8,12-13H,1-2,4-6,9-11H2/t13-/m1/s1. The lowest BCUT2D eigenvalue weighted by atomic mass is 10.1. The second kappa shape index (κ2) is 7.17. The third-order valence-electron chi connectivity index (χ3n) is 4.47.